The monoisotopic (exact) mass is 440 g/mol. The van der Waals surface area contributed by atoms with Crippen LogP contribution in [0.1, 0.15) is 33.2 Å². The lowest BCUT2D eigenvalue weighted by atomic mass is 10.1. The summed E-state index contributed by atoms with van der Waals surface area (Å²) in [7, 11) is 1.43. The molecule has 0 unspecified atom stereocenters. The number of hydrogen-bond donors (Lipinski definition) is 0. The average molecular weight is 440 g/mol. The summed E-state index contributed by atoms with van der Waals surface area (Å²) in [5.74, 6) is -1.57. The highest BCUT2D eigenvalue weighted by Crippen LogP contribution is 2.24. The number of rotatable bonds is 8. The third-order valence-electron chi connectivity index (χ3n) is 4.08. The Morgan fingerprint density at radius 1 is 1.10 bits per heavy atom. The third kappa shape index (κ3) is 6.69. The summed E-state index contributed by atoms with van der Waals surface area (Å²) >= 11 is 0. The van der Waals surface area contributed by atoms with Gasteiger partial charge < -0.3 is 14.4 Å². The van der Waals surface area contributed by atoms with Crippen molar-refractivity contribution in [2.75, 3.05) is 20.3 Å². The molecule has 166 valence electrons. The zero-order valence-electron chi connectivity index (χ0n) is 16.6. The Morgan fingerprint density at radius 3 is 2.23 bits per heavy atom. The molecule has 8 nitrogen and oxygen atoms in total. The smallest absolute Gasteiger partial charge is 0.406 e. The highest BCUT2D eigenvalue weighted by atomic mass is 19.4. The highest BCUT2D eigenvalue weighted by Gasteiger charge is 2.34. The van der Waals surface area contributed by atoms with Crippen LogP contribution in [-0.4, -0.2) is 48.1 Å². The summed E-state index contributed by atoms with van der Waals surface area (Å²) in [4.78, 5) is 35.7. The van der Waals surface area contributed by atoms with Crippen LogP contribution in [0.4, 0.5) is 18.9 Å². The molecule has 0 aliphatic heterocycles. The molecule has 2 aromatic carbocycles. The van der Waals surface area contributed by atoms with Gasteiger partial charge in [0.05, 0.1) is 24.2 Å². The number of methoxy groups -OCH3 is 1. The lowest BCUT2D eigenvalue weighted by Gasteiger charge is -2.24. The number of alkyl halides is 3. The van der Waals surface area contributed by atoms with E-state index >= 15 is 0 Å². The molecule has 0 aliphatic rings. The van der Waals surface area contributed by atoms with Gasteiger partial charge in [0.25, 0.3) is 11.6 Å². The van der Waals surface area contributed by atoms with Crippen LogP contribution >= 0.6 is 0 Å². The maximum atomic E-state index is 13.1. The van der Waals surface area contributed by atoms with E-state index in [0.717, 1.165) is 18.2 Å². The number of non-ortho nitro benzene ring substituents is 1. The van der Waals surface area contributed by atoms with Crippen LogP contribution in [0.5, 0.6) is 5.75 Å². The molecule has 0 radical (unpaired) electrons. The first-order chi connectivity index (χ1) is 14.5. The Morgan fingerprint density at radius 2 is 1.71 bits per heavy atom. The SMILES string of the molecule is CCOC(=O)c1cc(C(=O)N(Cc2ccc(OC)cc2)CC(F)(F)F)cc([N+](=O)[O-])c1. The minimum Gasteiger partial charge on any atom is -0.497 e. The van der Waals surface area contributed by atoms with Crippen LogP contribution in [0.2, 0.25) is 0 Å². The molecule has 0 spiro atoms. The molecule has 0 saturated heterocycles. The van der Waals surface area contributed by atoms with Gasteiger partial charge in [-0.2, -0.15) is 13.2 Å². The summed E-state index contributed by atoms with van der Waals surface area (Å²) in [6, 6.07) is 8.73. The van der Waals surface area contributed by atoms with Crippen LogP contribution in [0.25, 0.3) is 0 Å². The van der Waals surface area contributed by atoms with Gasteiger partial charge in [-0.15, -0.1) is 0 Å². The molecule has 0 atom stereocenters. The van der Waals surface area contributed by atoms with Crippen LogP contribution in [0.15, 0.2) is 42.5 Å². The fourth-order valence-electron chi connectivity index (χ4n) is 2.72. The second-order valence-electron chi connectivity index (χ2n) is 6.37. The summed E-state index contributed by atoms with van der Waals surface area (Å²) < 4.78 is 49.1. The molecule has 1 amide bonds. The second kappa shape index (κ2) is 9.92. The first kappa shape index (κ1) is 23.6. The van der Waals surface area contributed by atoms with Gasteiger partial charge in [0.15, 0.2) is 0 Å². The molecule has 0 bridgehead atoms. The normalized spacial score (nSPS) is 11.0. The molecule has 0 aliphatic carbocycles. The number of hydrogen-bond acceptors (Lipinski definition) is 6. The number of esters is 1. The molecule has 0 fully saturated rings. The number of nitro benzene ring substituents is 1. The zero-order chi connectivity index (χ0) is 23.2. The van der Waals surface area contributed by atoms with E-state index in [9.17, 15) is 32.9 Å². The van der Waals surface area contributed by atoms with Gasteiger partial charge in [-0.3, -0.25) is 14.9 Å². The van der Waals surface area contributed by atoms with Gasteiger partial charge in [0.1, 0.15) is 12.3 Å². The maximum absolute atomic E-state index is 13.1. The lowest BCUT2D eigenvalue weighted by Crippen LogP contribution is -2.38. The average Bonchev–Trinajstić information content (AvgIpc) is 2.72. The molecule has 2 aromatic rings. The van der Waals surface area contributed by atoms with Crippen molar-refractivity contribution in [1.82, 2.24) is 4.90 Å². The Hall–Kier alpha value is -3.63. The van der Waals surface area contributed by atoms with E-state index in [1.54, 1.807) is 0 Å². The Kier molecular flexibility index (Phi) is 7.56. The maximum Gasteiger partial charge on any atom is 0.406 e. The van der Waals surface area contributed by atoms with Crippen molar-refractivity contribution in [2.45, 2.75) is 19.6 Å². The van der Waals surface area contributed by atoms with E-state index in [2.05, 4.69) is 0 Å². The highest BCUT2D eigenvalue weighted by molar-refractivity contribution is 5.99. The molecule has 0 aromatic heterocycles. The molecule has 0 saturated carbocycles. The summed E-state index contributed by atoms with van der Waals surface area (Å²) in [6.07, 6.45) is -4.72. The van der Waals surface area contributed by atoms with Crippen molar-refractivity contribution < 1.29 is 37.2 Å². The first-order valence-electron chi connectivity index (χ1n) is 8.99. The Balaban J connectivity index is 2.44. The summed E-state index contributed by atoms with van der Waals surface area (Å²) in [5, 5.41) is 11.2. The number of ether oxygens (including phenoxy) is 2. The van der Waals surface area contributed by atoms with Gasteiger partial charge >= 0.3 is 12.1 Å². The standard InChI is InChI=1S/C20H19F3N2O6/c1-3-31-19(27)15-8-14(9-16(10-15)25(28)29)18(26)24(12-20(21,22)23)11-13-4-6-17(30-2)7-5-13/h4-10H,3,11-12H2,1-2H3. The van der Waals surface area contributed by atoms with Crippen molar-refractivity contribution in [3.05, 3.63) is 69.3 Å². The predicted octanol–water partition coefficient (Wildman–Crippen LogP) is 3.98. The third-order valence-corrected chi connectivity index (χ3v) is 4.08. The number of nitrogens with zero attached hydrogens (tertiary/aromatic N) is 2. The first-order valence-corrected chi connectivity index (χ1v) is 8.99. The molecule has 11 heteroatoms. The second-order valence-corrected chi connectivity index (χ2v) is 6.37. The van der Waals surface area contributed by atoms with Crippen LogP contribution in [-0.2, 0) is 11.3 Å². The van der Waals surface area contributed by atoms with E-state index in [1.807, 2.05) is 0 Å². The molecular formula is C20H19F3N2O6. The molecule has 0 heterocycles. The fraction of sp³-hybridized carbons (Fsp3) is 0.300. The van der Waals surface area contributed by atoms with Gasteiger partial charge in [0, 0.05) is 24.2 Å². The largest absolute Gasteiger partial charge is 0.497 e. The van der Waals surface area contributed by atoms with Crippen LogP contribution in [0, 0.1) is 10.1 Å². The zero-order valence-corrected chi connectivity index (χ0v) is 16.6. The number of halogens is 3. The number of carbonyl (C=O) groups is 2. The number of benzene rings is 2. The molecule has 2 rings (SSSR count). The van der Waals surface area contributed by atoms with Gasteiger partial charge in [-0.05, 0) is 30.7 Å². The number of nitro groups is 1. The van der Waals surface area contributed by atoms with Gasteiger partial charge in [0.2, 0.25) is 0 Å². The van der Waals surface area contributed by atoms with Crippen molar-refractivity contribution in [3.63, 3.8) is 0 Å². The van der Waals surface area contributed by atoms with E-state index in [1.165, 1.54) is 38.3 Å². The Bertz CT molecular complexity index is 960. The predicted molar refractivity (Wildman–Crippen MR) is 103 cm³/mol. The minimum atomic E-state index is -4.72. The summed E-state index contributed by atoms with van der Waals surface area (Å²) in [6.45, 7) is -0.515. The van der Waals surface area contributed by atoms with E-state index in [0.29, 0.717) is 16.2 Å². The number of amides is 1. The molecule has 31 heavy (non-hydrogen) atoms. The van der Waals surface area contributed by atoms with Crippen LogP contribution < -0.4 is 4.74 Å². The van der Waals surface area contributed by atoms with Crippen molar-refractivity contribution in [3.8, 4) is 5.75 Å². The van der Waals surface area contributed by atoms with E-state index < -0.39 is 47.3 Å². The van der Waals surface area contributed by atoms with Gasteiger partial charge in [-0.25, -0.2) is 4.79 Å². The minimum absolute atomic E-state index is 0.0253. The van der Waals surface area contributed by atoms with Crippen LogP contribution in [0.3, 0.4) is 0 Å². The molecular weight excluding hydrogens is 421 g/mol. The lowest BCUT2D eigenvalue weighted by molar-refractivity contribution is -0.384. The number of carbonyl (C=O) groups excluding carboxylic acids is 2. The van der Waals surface area contributed by atoms with Crippen molar-refractivity contribution >= 4 is 17.6 Å². The van der Waals surface area contributed by atoms with Gasteiger partial charge in [-0.1, -0.05) is 12.1 Å². The van der Waals surface area contributed by atoms with E-state index in [4.69, 9.17) is 9.47 Å². The molecule has 0 N–H and O–H groups in total. The van der Waals surface area contributed by atoms with E-state index in [-0.39, 0.29) is 12.2 Å². The van der Waals surface area contributed by atoms with Crippen molar-refractivity contribution in [1.29, 1.82) is 0 Å². The summed E-state index contributed by atoms with van der Waals surface area (Å²) in [5.41, 5.74) is -0.981. The topological polar surface area (TPSA) is 99.0 Å². The quantitative estimate of drug-likeness (QED) is 0.350. The van der Waals surface area contributed by atoms with Crippen molar-refractivity contribution in [2.24, 2.45) is 0 Å². The Labute approximate surface area is 175 Å². The fourth-order valence-corrected chi connectivity index (χ4v) is 2.72.